The van der Waals surface area contributed by atoms with Gasteiger partial charge in [0, 0.05) is 56.1 Å². The van der Waals surface area contributed by atoms with Crippen molar-refractivity contribution in [3.05, 3.63) is 53.3 Å². The Morgan fingerprint density at radius 1 is 1.12 bits per heavy atom. The number of methoxy groups -OCH3 is 1. The summed E-state index contributed by atoms with van der Waals surface area (Å²) in [6, 6.07) is 14.8. The van der Waals surface area contributed by atoms with Gasteiger partial charge in [0.15, 0.2) is 0 Å². The Morgan fingerprint density at radius 3 is 2.56 bits per heavy atom. The number of ether oxygens (including phenoxy) is 1. The van der Waals surface area contributed by atoms with Gasteiger partial charge < -0.3 is 15.4 Å². The molecule has 5 rings (SSSR count). The van der Waals surface area contributed by atoms with Crippen LogP contribution in [0.2, 0.25) is 0 Å². The highest BCUT2D eigenvalue weighted by atomic mass is 19.1. The van der Waals surface area contributed by atoms with Crippen LogP contribution in [0.4, 0.5) is 10.1 Å². The van der Waals surface area contributed by atoms with Crippen LogP contribution in [0.15, 0.2) is 36.4 Å². The zero-order valence-corrected chi connectivity index (χ0v) is 18.6. The highest BCUT2D eigenvalue weighted by Gasteiger charge is 2.44. The number of benzene rings is 2. The standard InChI is InChI=1S/C26H31FN4O/c1-32-21-8-10-30(11-9-21)25-6-2-17(16-31-20-5-7-26(31)24(29)14-20)12-22(25)18-3-4-19(15-28)23(27)13-18/h2-4,6,12-13,20-21,24,26H,5,7-11,14,16,29H2,1H3/t20-,24+,26+/m1/s1. The van der Waals surface area contributed by atoms with Gasteiger partial charge >= 0.3 is 0 Å². The third-order valence-corrected chi connectivity index (χ3v) is 7.67. The molecule has 3 saturated heterocycles. The lowest BCUT2D eigenvalue weighted by atomic mass is 9.96. The molecule has 0 aromatic heterocycles. The van der Waals surface area contributed by atoms with Gasteiger partial charge in [-0.25, -0.2) is 4.39 Å². The number of nitriles is 1. The van der Waals surface area contributed by atoms with E-state index < -0.39 is 5.82 Å². The van der Waals surface area contributed by atoms with E-state index in [1.54, 1.807) is 13.2 Å². The topological polar surface area (TPSA) is 65.5 Å². The van der Waals surface area contributed by atoms with Crippen molar-refractivity contribution in [2.45, 2.75) is 62.9 Å². The summed E-state index contributed by atoms with van der Waals surface area (Å²) in [5.74, 6) is -0.469. The number of halogens is 1. The van der Waals surface area contributed by atoms with E-state index in [9.17, 15) is 4.39 Å². The Bertz CT molecular complexity index is 1030. The van der Waals surface area contributed by atoms with Gasteiger partial charge in [-0.3, -0.25) is 4.90 Å². The molecule has 32 heavy (non-hydrogen) atoms. The fourth-order valence-electron chi connectivity index (χ4n) is 5.90. The van der Waals surface area contributed by atoms with Gasteiger partial charge in [0.05, 0.1) is 11.7 Å². The Kier molecular flexibility index (Phi) is 5.90. The van der Waals surface area contributed by atoms with E-state index in [0.29, 0.717) is 18.2 Å². The maximum absolute atomic E-state index is 14.5. The zero-order valence-electron chi connectivity index (χ0n) is 18.6. The molecule has 2 aromatic rings. The van der Waals surface area contributed by atoms with E-state index in [1.165, 1.54) is 24.5 Å². The van der Waals surface area contributed by atoms with Crippen LogP contribution in [-0.2, 0) is 11.3 Å². The molecule has 2 N–H and O–H groups in total. The third kappa shape index (κ3) is 3.90. The molecular formula is C26H31FN4O. The lowest BCUT2D eigenvalue weighted by Gasteiger charge is -2.34. The van der Waals surface area contributed by atoms with Gasteiger partial charge in [0.25, 0.3) is 0 Å². The van der Waals surface area contributed by atoms with Gasteiger partial charge in [-0.1, -0.05) is 12.1 Å². The Morgan fingerprint density at radius 2 is 1.94 bits per heavy atom. The van der Waals surface area contributed by atoms with E-state index in [-0.39, 0.29) is 11.6 Å². The first kappa shape index (κ1) is 21.4. The monoisotopic (exact) mass is 434 g/mol. The highest BCUT2D eigenvalue weighted by Crippen LogP contribution is 2.39. The van der Waals surface area contributed by atoms with E-state index in [0.717, 1.165) is 55.7 Å². The molecule has 0 unspecified atom stereocenters. The van der Waals surface area contributed by atoms with E-state index in [1.807, 2.05) is 12.1 Å². The van der Waals surface area contributed by atoms with Crippen molar-refractivity contribution < 1.29 is 9.13 Å². The lowest BCUT2D eigenvalue weighted by molar-refractivity contribution is 0.0819. The van der Waals surface area contributed by atoms with Crippen LogP contribution >= 0.6 is 0 Å². The molecule has 5 nitrogen and oxygen atoms in total. The minimum atomic E-state index is -0.469. The summed E-state index contributed by atoms with van der Waals surface area (Å²) in [7, 11) is 1.78. The van der Waals surface area contributed by atoms with Crippen LogP contribution < -0.4 is 10.6 Å². The molecule has 0 spiro atoms. The summed E-state index contributed by atoms with van der Waals surface area (Å²) < 4.78 is 20.1. The summed E-state index contributed by atoms with van der Waals surface area (Å²) in [5.41, 5.74) is 10.6. The van der Waals surface area contributed by atoms with Crippen LogP contribution in [0.3, 0.4) is 0 Å². The Labute approximate surface area is 189 Å². The van der Waals surface area contributed by atoms with Crippen molar-refractivity contribution in [2.24, 2.45) is 5.73 Å². The second-order valence-corrected chi connectivity index (χ2v) is 9.45. The number of anilines is 1. The summed E-state index contributed by atoms with van der Waals surface area (Å²) >= 11 is 0. The van der Waals surface area contributed by atoms with Crippen molar-refractivity contribution in [3.8, 4) is 17.2 Å². The predicted octanol–water partition coefficient (Wildman–Crippen LogP) is 4.04. The number of hydrogen-bond donors (Lipinski definition) is 1. The van der Waals surface area contributed by atoms with Crippen LogP contribution in [0.25, 0.3) is 11.1 Å². The first-order valence-electron chi connectivity index (χ1n) is 11.7. The van der Waals surface area contributed by atoms with E-state index in [2.05, 4.69) is 28.0 Å². The molecular weight excluding hydrogens is 403 g/mol. The Hall–Kier alpha value is -2.46. The van der Waals surface area contributed by atoms with Gasteiger partial charge in [-0.2, -0.15) is 5.26 Å². The molecule has 2 aromatic carbocycles. The summed E-state index contributed by atoms with van der Waals surface area (Å²) in [6.07, 6.45) is 5.77. The SMILES string of the molecule is COC1CCN(c2ccc(CN3[C@@H]4CC[C@H]3[C@@H](N)C4)cc2-c2ccc(C#N)c(F)c2)CC1. The minimum Gasteiger partial charge on any atom is -0.381 e. The van der Waals surface area contributed by atoms with E-state index >= 15 is 0 Å². The number of piperidine rings is 1. The van der Waals surface area contributed by atoms with Gasteiger partial charge in [0.2, 0.25) is 0 Å². The maximum Gasteiger partial charge on any atom is 0.141 e. The van der Waals surface area contributed by atoms with Crippen LogP contribution in [0.5, 0.6) is 0 Å². The fraction of sp³-hybridized carbons (Fsp3) is 0.500. The molecule has 168 valence electrons. The zero-order chi connectivity index (χ0) is 22.2. The summed E-state index contributed by atoms with van der Waals surface area (Å²) in [4.78, 5) is 4.94. The second kappa shape index (κ2) is 8.82. The molecule has 3 aliphatic heterocycles. The van der Waals surface area contributed by atoms with E-state index in [4.69, 9.17) is 15.7 Å². The minimum absolute atomic E-state index is 0.0787. The molecule has 0 aliphatic carbocycles. The van der Waals surface area contributed by atoms with Gasteiger partial charge in [-0.15, -0.1) is 0 Å². The second-order valence-electron chi connectivity index (χ2n) is 9.45. The maximum atomic E-state index is 14.5. The van der Waals surface area contributed by atoms with Crippen molar-refractivity contribution in [3.63, 3.8) is 0 Å². The third-order valence-electron chi connectivity index (χ3n) is 7.67. The number of nitrogens with two attached hydrogens (primary N) is 1. The number of rotatable bonds is 5. The average Bonchev–Trinajstić information content (AvgIpc) is 3.34. The average molecular weight is 435 g/mol. The van der Waals surface area contributed by atoms with Gasteiger partial charge in [-0.05, 0) is 67.5 Å². The van der Waals surface area contributed by atoms with Crippen molar-refractivity contribution in [2.75, 3.05) is 25.1 Å². The van der Waals surface area contributed by atoms with Crippen molar-refractivity contribution in [1.82, 2.24) is 4.90 Å². The molecule has 3 atom stereocenters. The molecule has 0 amide bonds. The molecule has 3 aliphatic rings. The highest BCUT2D eigenvalue weighted by molar-refractivity contribution is 5.80. The summed E-state index contributed by atoms with van der Waals surface area (Å²) in [6.45, 7) is 2.70. The van der Waals surface area contributed by atoms with Crippen LogP contribution in [0, 0.1) is 17.1 Å². The first-order valence-corrected chi connectivity index (χ1v) is 11.7. The molecule has 6 heteroatoms. The number of fused-ring (bicyclic) bond motifs is 2. The molecule has 3 fully saturated rings. The fourth-order valence-corrected chi connectivity index (χ4v) is 5.90. The smallest absolute Gasteiger partial charge is 0.141 e. The summed E-state index contributed by atoms with van der Waals surface area (Å²) in [5, 5.41) is 9.14. The molecule has 0 radical (unpaired) electrons. The first-order chi connectivity index (χ1) is 15.6. The van der Waals surface area contributed by atoms with Gasteiger partial charge in [0.1, 0.15) is 11.9 Å². The molecule has 2 bridgehead atoms. The number of hydrogen-bond acceptors (Lipinski definition) is 5. The van der Waals surface area contributed by atoms with Crippen LogP contribution in [0.1, 0.15) is 43.2 Å². The van der Waals surface area contributed by atoms with Crippen molar-refractivity contribution >= 4 is 5.69 Å². The van der Waals surface area contributed by atoms with Crippen molar-refractivity contribution in [1.29, 1.82) is 5.26 Å². The molecule has 3 heterocycles. The molecule has 0 saturated carbocycles. The normalized spacial score (nSPS) is 25.9. The predicted molar refractivity (Wildman–Crippen MR) is 124 cm³/mol. The lowest BCUT2D eigenvalue weighted by Crippen LogP contribution is -2.37. The Balaban J connectivity index is 1.48. The quantitative estimate of drug-likeness (QED) is 0.769. The largest absolute Gasteiger partial charge is 0.381 e. The van der Waals surface area contributed by atoms with Crippen LogP contribution in [-0.4, -0.2) is 49.3 Å². The number of nitrogens with zero attached hydrogens (tertiary/aromatic N) is 3.